The summed E-state index contributed by atoms with van der Waals surface area (Å²) in [7, 11) is -2.86. The topological polar surface area (TPSA) is 0 Å². The van der Waals surface area contributed by atoms with Crippen molar-refractivity contribution in [1.82, 2.24) is 0 Å². The summed E-state index contributed by atoms with van der Waals surface area (Å²) in [6.07, 6.45) is 6.77. The molecule has 0 heterocycles. The van der Waals surface area contributed by atoms with Gasteiger partial charge in [0.1, 0.15) is 8.07 Å². The standard InChI is InChI=1S/C41H61P2Si/c1-38(2,3)42(39(4,5)6)30-32-28-29-37(36(32)31-43(40(7,8)9)41(10,11)12)44(33-22-16-13-17-23-33,34-24-18-14-19-25-34)35-26-20-15-21-27-35/h13-28,32,36-37H,29-31H2,1-12H3/q-1. The largest absolute Gasteiger partial charge is 0.325 e. The van der Waals surface area contributed by atoms with Gasteiger partial charge in [-0.2, -0.15) is 12.3 Å². The zero-order chi connectivity index (χ0) is 32.6. The molecule has 0 nitrogen and oxygen atoms in total. The summed E-state index contributed by atoms with van der Waals surface area (Å²) >= 11 is 0. The fourth-order valence-corrected chi connectivity index (χ4v) is 22.9. The molecular formula is C41H61P2Si-. The highest BCUT2D eigenvalue weighted by atomic mass is 31.1. The van der Waals surface area contributed by atoms with Crippen LogP contribution >= 0.6 is 15.8 Å². The third-order valence-corrected chi connectivity index (χ3v) is 23.6. The second-order valence-corrected chi connectivity index (χ2v) is 29.1. The Morgan fingerprint density at radius 1 is 0.523 bits per heavy atom. The number of rotatable bonds is 8. The van der Waals surface area contributed by atoms with Crippen molar-refractivity contribution in [3.63, 3.8) is 0 Å². The van der Waals surface area contributed by atoms with Crippen LogP contribution in [0.2, 0.25) is 5.54 Å². The normalized spacial score (nSPS) is 20.5. The van der Waals surface area contributed by atoms with Gasteiger partial charge in [0.2, 0.25) is 0 Å². The Morgan fingerprint density at radius 3 is 1.16 bits per heavy atom. The van der Waals surface area contributed by atoms with Gasteiger partial charge >= 0.3 is 0 Å². The van der Waals surface area contributed by atoms with Gasteiger partial charge in [-0.1, -0.05) is 208 Å². The van der Waals surface area contributed by atoms with Crippen molar-refractivity contribution in [3.8, 4) is 0 Å². The third-order valence-electron chi connectivity index (χ3n) is 10.0. The van der Waals surface area contributed by atoms with Crippen LogP contribution in [-0.2, 0) is 0 Å². The Kier molecular flexibility index (Phi) is 10.9. The fourth-order valence-electron chi connectivity index (χ4n) is 8.71. The molecule has 3 unspecified atom stereocenters. The lowest BCUT2D eigenvalue weighted by Gasteiger charge is -2.51. The Labute approximate surface area is 275 Å². The average Bonchev–Trinajstić information content (AvgIpc) is 3.32. The van der Waals surface area contributed by atoms with Gasteiger partial charge in [-0.15, -0.1) is 0 Å². The molecule has 0 saturated heterocycles. The van der Waals surface area contributed by atoms with Crippen molar-refractivity contribution < 1.29 is 0 Å². The smallest absolute Gasteiger partial charge is 0.149 e. The molecule has 1 aliphatic rings. The van der Waals surface area contributed by atoms with Gasteiger partial charge in [-0.25, -0.2) is 0 Å². The van der Waals surface area contributed by atoms with Crippen molar-refractivity contribution in [2.24, 2.45) is 11.8 Å². The molecule has 3 atom stereocenters. The van der Waals surface area contributed by atoms with Crippen molar-refractivity contribution >= 4 is 39.5 Å². The van der Waals surface area contributed by atoms with Crippen LogP contribution in [0, 0.1) is 18.3 Å². The van der Waals surface area contributed by atoms with E-state index in [4.69, 9.17) is 0 Å². The molecule has 0 N–H and O–H groups in total. The minimum absolute atomic E-state index is 0.188. The van der Waals surface area contributed by atoms with Crippen molar-refractivity contribution in [3.05, 3.63) is 97.4 Å². The minimum Gasteiger partial charge on any atom is -0.325 e. The molecule has 1 fully saturated rings. The van der Waals surface area contributed by atoms with E-state index >= 15 is 0 Å². The van der Waals surface area contributed by atoms with Crippen LogP contribution in [0.1, 0.15) is 89.5 Å². The van der Waals surface area contributed by atoms with E-state index in [0.29, 0.717) is 38.0 Å². The van der Waals surface area contributed by atoms with E-state index in [1.54, 1.807) is 15.6 Å². The van der Waals surface area contributed by atoms with Gasteiger partial charge < -0.3 is 6.42 Å². The van der Waals surface area contributed by atoms with Crippen LogP contribution in [-0.4, -0.2) is 41.0 Å². The SMILES string of the molecule is CC(C)(C)P(CC1[CH-]CC([Si](c2ccccc2)(c2ccccc2)c2ccccc2)C1CP(C(C)(C)C)C(C)(C)C)C(C)(C)C. The monoisotopic (exact) mass is 643 g/mol. The Bertz CT molecular complexity index is 1180. The average molecular weight is 644 g/mol. The predicted molar refractivity (Wildman–Crippen MR) is 206 cm³/mol. The van der Waals surface area contributed by atoms with Gasteiger partial charge in [0.15, 0.2) is 0 Å². The molecule has 0 bridgehead atoms. The maximum atomic E-state index is 2.84. The van der Waals surface area contributed by atoms with Crippen LogP contribution < -0.4 is 15.6 Å². The summed E-state index contributed by atoms with van der Waals surface area (Å²) in [4.78, 5) is 0. The van der Waals surface area contributed by atoms with E-state index in [1.807, 2.05) is 0 Å². The molecule has 1 saturated carbocycles. The van der Waals surface area contributed by atoms with Crippen LogP contribution in [0.5, 0.6) is 0 Å². The van der Waals surface area contributed by atoms with Crippen molar-refractivity contribution in [2.75, 3.05) is 12.3 Å². The molecule has 0 radical (unpaired) electrons. The molecular weight excluding hydrogens is 582 g/mol. The van der Waals surface area contributed by atoms with Crippen LogP contribution in [0.25, 0.3) is 0 Å². The van der Waals surface area contributed by atoms with E-state index < -0.39 is 8.07 Å². The Morgan fingerprint density at radius 2 is 0.841 bits per heavy atom. The molecule has 3 aromatic rings. The summed E-state index contributed by atoms with van der Waals surface area (Å²) in [6.45, 7) is 30.2. The molecule has 0 spiro atoms. The van der Waals surface area contributed by atoms with Gasteiger partial charge in [-0.05, 0) is 42.3 Å². The molecule has 4 rings (SSSR count). The highest BCUT2D eigenvalue weighted by Crippen LogP contribution is 2.66. The van der Waals surface area contributed by atoms with Crippen LogP contribution in [0.3, 0.4) is 0 Å². The summed E-state index contributed by atoms with van der Waals surface area (Å²) in [6, 6.07) is 35.2. The van der Waals surface area contributed by atoms with E-state index in [0.717, 1.165) is 0 Å². The Hall–Kier alpha value is -1.26. The van der Waals surface area contributed by atoms with E-state index in [9.17, 15) is 0 Å². The maximum Gasteiger partial charge on any atom is 0.149 e. The maximum absolute atomic E-state index is 2.84. The molecule has 44 heavy (non-hydrogen) atoms. The zero-order valence-corrected chi connectivity index (χ0v) is 32.8. The Balaban J connectivity index is 2.00. The zero-order valence-electron chi connectivity index (χ0n) is 30.0. The number of benzene rings is 3. The van der Waals surface area contributed by atoms with Gasteiger partial charge in [0, 0.05) is 0 Å². The molecule has 0 aromatic heterocycles. The number of hydrogen-bond donors (Lipinski definition) is 0. The van der Waals surface area contributed by atoms with E-state index in [1.165, 1.54) is 18.7 Å². The molecule has 0 amide bonds. The number of hydrogen-bond acceptors (Lipinski definition) is 0. The lowest BCUT2D eigenvalue weighted by atomic mass is 10.00. The second kappa shape index (κ2) is 13.5. The van der Waals surface area contributed by atoms with Crippen LogP contribution in [0.15, 0.2) is 91.0 Å². The highest BCUT2D eigenvalue weighted by Gasteiger charge is 2.52. The fraction of sp³-hybridized carbons (Fsp3) is 0.537. The first kappa shape index (κ1) is 35.6. The molecule has 0 aliphatic heterocycles. The summed E-state index contributed by atoms with van der Waals surface area (Å²) in [5.41, 5.74) is 0.617. The van der Waals surface area contributed by atoms with Gasteiger partial charge in [-0.3, -0.25) is 0 Å². The lowest BCUT2D eigenvalue weighted by Crippen LogP contribution is -2.70. The first-order valence-corrected chi connectivity index (χ1v) is 22.1. The third kappa shape index (κ3) is 7.64. The van der Waals surface area contributed by atoms with Gasteiger partial charge in [0.05, 0.1) is 0 Å². The van der Waals surface area contributed by atoms with E-state index in [2.05, 4.69) is 181 Å². The summed E-state index contributed by atoms with van der Waals surface area (Å²) < 4.78 is 0. The quantitative estimate of drug-likeness (QED) is 0.0992. The summed E-state index contributed by atoms with van der Waals surface area (Å²) in [5.74, 6) is 1.32. The summed E-state index contributed by atoms with van der Waals surface area (Å²) in [5, 5.41) is 6.00. The van der Waals surface area contributed by atoms with Crippen molar-refractivity contribution in [1.29, 1.82) is 0 Å². The first-order chi connectivity index (χ1) is 20.4. The van der Waals surface area contributed by atoms with Gasteiger partial charge in [0.25, 0.3) is 0 Å². The molecule has 240 valence electrons. The second-order valence-electron chi connectivity index (χ2n) is 17.2. The molecule has 1 aliphatic carbocycles. The molecule has 3 aromatic carbocycles. The van der Waals surface area contributed by atoms with E-state index in [-0.39, 0.29) is 15.8 Å². The lowest BCUT2D eigenvalue weighted by molar-refractivity contribution is 0.484. The first-order valence-electron chi connectivity index (χ1n) is 16.9. The highest BCUT2D eigenvalue weighted by molar-refractivity contribution is 7.61. The molecule has 3 heteroatoms. The predicted octanol–water partition coefficient (Wildman–Crippen LogP) is 10.5. The van der Waals surface area contributed by atoms with Crippen LogP contribution in [0.4, 0.5) is 0 Å². The van der Waals surface area contributed by atoms with Crippen molar-refractivity contribution in [2.45, 2.75) is 116 Å². The minimum atomic E-state index is -2.44.